The average Bonchev–Trinajstić information content (AvgIpc) is 3.04. The Hall–Kier alpha value is -1.55. The highest BCUT2D eigenvalue weighted by Gasteiger charge is 2.46. The summed E-state index contributed by atoms with van der Waals surface area (Å²) in [5, 5.41) is 3.06. The quantitative estimate of drug-likeness (QED) is 0.943. The molecule has 4 heteroatoms. The molecule has 0 spiro atoms. The number of amides is 1. The minimum absolute atomic E-state index is 0.173. The van der Waals surface area contributed by atoms with E-state index in [1.165, 1.54) is 6.26 Å². The van der Waals surface area contributed by atoms with Gasteiger partial charge in [0.05, 0.1) is 16.3 Å². The van der Waals surface area contributed by atoms with E-state index in [1.807, 2.05) is 30.3 Å². The Morgan fingerprint density at radius 3 is 2.50 bits per heavy atom. The third kappa shape index (κ3) is 1.97. The van der Waals surface area contributed by atoms with Crippen molar-refractivity contribution in [3.63, 3.8) is 0 Å². The molecule has 1 N–H and O–H groups in total. The molecule has 0 unspecified atom stereocenters. The Bertz CT molecular complexity index is 572. The lowest BCUT2D eigenvalue weighted by molar-refractivity contribution is 0.0901. The van der Waals surface area contributed by atoms with Gasteiger partial charge in [-0.15, -0.1) is 0 Å². The van der Waals surface area contributed by atoms with Gasteiger partial charge >= 0.3 is 0 Å². The zero-order valence-electron chi connectivity index (χ0n) is 9.65. The maximum absolute atomic E-state index is 12.1. The van der Waals surface area contributed by atoms with Crippen LogP contribution in [0.2, 0.25) is 0 Å². The Labute approximate surface area is 113 Å². The maximum Gasteiger partial charge on any atom is 0.288 e. The van der Waals surface area contributed by atoms with Crippen molar-refractivity contribution in [1.82, 2.24) is 5.32 Å². The number of carbonyl (C=O) groups is 1. The highest BCUT2D eigenvalue weighted by molar-refractivity contribution is 9.10. The molecule has 2 aromatic rings. The summed E-state index contributed by atoms with van der Waals surface area (Å²) in [5.74, 6) is 0.158. The van der Waals surface area contributed by atoms with Gasteiger partial charge in [-0.3, -0.25) is 4.79 Å². The van der Waals surface area contributed by atoms with E-state index in [4.69, 9.17) is 4.42 Å². The van der Waals surface area contributed by atoms with Gasteiger partial charge in [0.1, 0.15) is 0 Å². The molecule has 1 amide bonds. The molecule has 18 heavy (non-hydrogen) atoms. The van der Waals surface area contributed by atoms with Gasteiger partial charge in [-0.25, -0.2) is 0 Å². The summed E-state index contributed by atoms with van der Waals surface area (Å²) in [6.45, 7) is 0. The minimum atomic E-state index is -0.204. The van der Waals surface area contributed by atoms with Crippen LogP contribution in [0.4, 0.5) is 0 Å². The predicted octanol–water partition coefficient (Wildman–Crippen LogP) is 3.46. The summed E-state index contributed by atoms with van der Waals surface area (Å²) in [6.07, 6.45) is 3.45. The van der Waals surface area contributed by atoms with Crippen LogP contribution in [0, 0.1) is 0 Å². The van der Waals surface area contributed by atoms with Crippen molar-refractivity contribution in [2.45, 2.75) is 18.4 Å². The van der Waals surface area contributed by atoms with E-state index in [1.54, 1.807) is 6.07 Å². The van der Waals surface area contributed by atoms with Crippen LogP contribution in [-0.4, -0.2) is 5.91 Å². The van der Waals surface area contributed by atoms with Crippen molar-refractivity contribution < 1.29 is 9.21 Å². The van der Waals surface area contributed by atoms with E-state index in [2.05, 4.69) is 21.2 Å². The van der Waals surface area contributed by atoms with Crippen molar-refractivity contribution in [2.75, 3.05) is 0 Å². The van der Waals surface area contributed by atoms with E-state index in [0.717, 1.165) is 18.4 Å². The van der Waals surface area contributed by atoms with E-state index >= 15 is 0 Å². The van der Waals surface area contributed by atoms with E-state index in [-0.39, 0.29) is 11.4 Å². The van der Waals surface area contributed by atoms with Crippen molar-refractivity contribution in [3.8, 4) is 0 Å². The summed E-state index contributed by atoms with van der Waals surface area (Å²) in [7, 11) is 0. The van der Waals surface area contributed by atoms with Gasteiger partial charge in [0.15, 0.2) is 0 Å². The highest BCUT2D eigenvalue weighted by atomic mass is 79.9. The summed E-state index contributed by atoms with van der Waals surface area (Å²) in [5.41, 5.74) is 0.950. The van der Waals surface area contributed by atoms with Crippen LogP contribution in [0.3, 0.4) is 0 Å². The lowest BCUT2D eigenvalue weighted by Crippen LogP contribution is -2.34. The number of furan rings is 1. The van der Waals surface area contributed by atoms with Gasteiger partial charge < -0.3 is 9.73 Å². The van der Waals surface area contributed by atoms with Gasteiger partial charge in [0.2, 0.25) is 5.76 Å². The van der Waals surface area contributed by atoms with Gasteiger partial charge in [-0.2, -0.15) is 0 Å². The Morgan fingerprint density at radius 2 is 1.94 bits per heavy atom. The molecule has 0 radical (unpaired) electrons. The largest absolute Gasteiger partial charge is 0.458 e. The van der Waals surface area contributed by atoms with Crippen LogP contribution in [0.5, 0.6) is 0 Å². The van der Waals surface area contributed by atoms with Crippen molar-refractivity contribution in [2.24, 2.45) is 0 Å². The molecular formula is C14H12BrNO2. The number of hydrogen-bond acceptors (Lipinski definition) is 2. The smallest absolute Gasteiger partial charge is 0.288 e. The molecule has 0 bridgehead atoms. The lowest BCUT2D eigenvalue weighted by atomic mass is 10.1. The molecule has 3 rings (SSSR count). The van der Waals surface area contributed by atoms with Gasteiger partial charge in [0, 0.05) is 0 Å². The van der Waals surface area contributed by atoms with Crippen LogP contribution in [0.25, 0.3) is 0 Å². The third-order valence-corrected chi connectivity index (χ3v) is 3.88. The van der Waals surface area contributed by atoms with E-state index in [0.29, 0.717) is 10.2 Å². The lowest BCUT2D eigenvalue weighted by Gasteiger charge is -2.17. The minimum Gasteiger partial charge on any atom is -0.458 e. The fraction of sp³-hybridized carbons (Fsp3) is 0.214. The first-order valence-corrected chi connectivity index (χ1v) is 6.62. The second-order valence-electron chi connectivity index (χ2n) is 4.50. The fourth-order valence-electron chi connectivity index (χ4n) is 2.10. The third-order valence-electron chi connectivity index (χ3n) is 3.25. The number of hydrogen-bond donors (Lipinski definition) is 1. The molecule has 1 aromatic carbocycles. The van der Waals surface area contributed by atoms with Gasteiger partial charge in [-0.05, 0) is 40.4 Å². The number of benzene rings is 1. The summed E-state index contributed by atoms with van der Waals surface area (Å²) in [4.78, 5) is 12.1. The Kier molecular flexibility index (Phi) is 2.74. The monoisotopic (exact) mass is 305 g/mol. The van der Waals surface area contributed by atoms with Crippen molar-refractivity contribution in [3.05, 3.63) is 58.5 Å². The molecule has 1 aliphatic carbocycles. The van der Waals surface area contributed by atoms with Crippen molar-refractivity contribution in [1.29, 1.82) is 0 Å². The first-order chi connectivity index (χ1) is 8.71. The number of carbonyl (C=O) groups excluding carboxylic acids is 1. The first kappa shape index (κ1) is 11.5. The molecule has 0 aliphatic heterocycles. The molecule has 0 saturated heterocycles. The molecule has 0 atom stereocenters. The number of rotatable bonds is 3. The topological polar surface area (TPSA) is 42.2 Å². The van der Waals surface area contributed by atoms with Gasteiger partial charge in [-0.1, -0.05) is 30.3 Å². The zero-order valence-corrected chi connectivity index (χ0v) is 11.2. The molecule has 1 fully saturated rings. The number of nitrogens with one attached hydrogen (secondary N) is 1. The Morgan fingerprint density at radius 1 is 1.22 bits per heavy atom. The highest BCUT2D eigenvalue weighted by Crippen LogP contribution is 2.45. The Balaban J connectivity index is 1.82. The molecule has 1 aliphatic rings. The molecule has 1 saturated carbocycles. The predicted molar refractivity (Wildman–Crippen MR) is 71.2 cm³/mol. The van der Waals surface area contributed by atoms with Crippen LogP contribution in [-0.2, 0) is 5.54 Å². The molecule has 3 nitrogen and oxygen atoms in total. The normalized spacial score (nSPS) is 16.3. The van der Waals surface area contributed by atoms with E-state index < -0.39 is 0 Å². The standard InChI is InChI=1S/C14H12BrNO2/c15-11-6-9-18-12(11)13(17)16-14(7-8-14)10-4-2-1-3-5-10/h1-6,9H,7-8H2,(H,16,17). The molecule has 1 heterocycles. The van der Waals surface area contributed by atoms with Gasteiger partial charge in [0.25, 0.3) is 5.91 Å². The SMILES string of the molecule is O=C(NC1(c2ccccc2)CC1)c1occc1Br. The van der Waals surface area contributed by atoms with Crippen molar-refractivity contribution >= 4 is 21.8 Å². The second-order valence-corrected chi connectivity index (χ2v) is 5.35. The maximum atomic E-state index is 12.1. The van der Waals surface area contributed by atoms with Crippen LogP contribution in [0.1, 0.15) is 29.0 Å². The number of halogens is 1. The first-order valence-electron chi connectivity index (χ1n) is 5.82. The van der Waals surface area contributed by atoms with Crippen LogP contribution in [0.15, 0.2) is 51.6 Å². The summed E-state index contributed by atoms with van der Waals surface area (Å²) >= 11 is 3.30. The summed E-state index contributed by atoms with van der Waals surface area (Å²) < 4.78 is 5.86. The average molecular weight is 306 g/mol. The fourth-order valence-corrected chi connectivity index (χ4v) is 2.48. The zero-order chi connectivity index (χ0) is 12.6. The van der Waals surface area contributed by atoms with E-state index in [9.17, 15) is 4.79 Å². The van der Waals surface area contributed by atoms with Crippen LogP contribution < -0.4 is 5.32 Å². The second kappa shape index (κ2) is 4.28. The molecule has 92 valence electrons. The molecular weight excluding hydrogens is 294 g/mol. The molecule has 1 aromatic heterocycles. The summed E-state index contributed by atoms with van der Waals surface area (Å²) in [6, 6.07) is 11.8. The van der Waals surface area contributed by atoms with Crippen LogP contribution >= 0.6 is 15.9 Å².